The normalized spacial score (nSPS) is 17.2. The van der Waals surface area contributed by atoms with Gasteiger partial charge in [0.15, 0.2) is 17.3 Å². The summed E-state index contributed by atoms with van der Waals surface area (Å²) in [4.78, 5) is 15.1. The van der Waals surface area contributed by atoms with Crippen molar-refractivity contribution in [2.75, 3.05) is 34.4 Å². The van der Waals surface area contributed by atoms with Gasteiger partial charge in [-0.25, -0.2) is 4.39 Å². The molecular formula is C22H26FNO4. The SMILES string of the molecule is COc1ccc(F)c(CN2CCCC(C(=O)c3ccc(OC)c(OC)c3)C2)c1. The van der Waals surface area contributed by atoms with Crippen LogP contribution < -0.4 is 14.2 Å². The first-order valence-corrected chi connectivity index (χ1v) is 9.36. The third-order valence-electron chi connectivity index (χ3n) is 5.19. The molecule has 0 aliphatic carbocycles. The first kappa shape index (κ1) is 20.1. The van der Waals surface area contributed by atoms with Gasteiger partial charge in [0.05, 0.1) is 21.3 Å². The lowest BCUT2D eigenvalue weighted by molar-refractivity contribution is 0.0810. The standard InChI is InChI=1S/C22H26FNO4/c1-26-18-7-8-19(23)17(11-18)14-24-10-4-5-16(13-24)22(25)15-6-9-20(27-2)21(12-15)28-3/h6-9,11-12,16H,4-5,10,13-14H2,1-3H3. The van der Waals surface area contributed by atoms with Crippen LogP contribution in [-0.4, -0.2) is 45.1 Å². The van der Waals surface area contributed by atoms with Gasteiger partial charge in [-0.3, -0.25) is 9.69 Å². The summed E-state index contributed by atoms with van der Waals surface area (Å²) in [7, 11) is 4.68. The largest absolute Gasteiger partial charge is 0.497 e. The molecule has 2 aromatic rings. The third-order valence-corrected chi connectivity index (χ3v) is 5.19. The highest BCUT2D eigenvalue weighted by atomic mass is 19.1. The van der Waals surface area contributed by atoms with Crippen LogP contribution in [0.2, 0.25) is 0 Å². The molecular weight excluding hydrogens is 361 g/mol. The topological polar surface area (TPSA) is 48.0 Å². The zero-order valence-corrected chi connectivity index (χ0v) is 16.5. The molecule has 0 radical (unpaired) electrons. The number of benzene rings is 2. The number of likely N-dealkylation sites (tertiary alicyclic amines) is 1. The summed E-state index contributed by atoms with van der Waals surface area (Å²) < 4.78 is 29.9. The average molecular weight is 387 g/mol. The van der Waals surface area contributed by atoms with Crippen LogP contribution in [0.5, 0.6) is 17.2 Å². The van der Waals surface area contributed by atoms with Gasteiger partial charge in [-0.15, -0.1) is 0 Å². The lowest BCUT2D eigenvalue weighted by Crippen LogP contribution is -2.38. The molecule has 0 aromatic heterocycles. The van der Waals surface area contributed by atoms with Crippen LogP contribution in [-0.2, 0) is 6.54 Å². The molecule has 6 heteroatoms. The van der Waals surface area contributed by atoms with Crippen molar-refractivity contribution in [3.05, 3.63) is 53.3 Å². The van der Waals surface area contributed by atoms with Gasteiger partial charge in [0.2, 0.25) is 0 Å². The average Bonchev–Trinajstić information content (AvgIpc) is 2.74. The number of hydrogen-bond acceptors (Lipinski definition) is 5. The second-order valence-electron chi connectivity index (χ2n) is 6.97. The molecule has 0 amide bonds. The highest BCUT2D eigenvalue weighted by Crippen LogP contribution is 2.30. The number of nitrogens with zero attached hydrogens (tertiary/aromatic N) is 1. The zero-order valence-electron chi connectivity index (χ0n) is 16.5. The van der Waals surface area contributed by atoms with Gasteiger partial charge < -0.3 is 14.2 Å². The molecule has 0 bridgehead atoms. The highest BCUT2D eigenvalue weighted by Gasteiger charge is 2.27. The number of carbonyl (C=O) groups excluding carboxylic acids is 1. The van der Waals surface area contributed by atoms with E-state index in [1.165, 1.54) is 6.07 Å². The number of methoxy groups -OCH3 is 3. The Morgan fingerprint density at radius 3 is 2.57 bits per heavy atom. The van der Waals surface area contributed by atoms with Crippen LogP contribution in [0.25, 0.3) is 0 Å². The Kier molecular flexibility index (Phi) is 6.52. The Hall–Kier alpha value is -2.60. The summed E-state index contributed by atoms with van der Waals surface area (Å²) in [6.45, 7) is 1.90. The molecule has 0 saturated carbocycles. The molecule has 1 saturated heterocycles. The number of hydrogen-bond donors (Lipinski definition) is 0. The van der Waals surface area contributed by atoms with Crippen molar-refractivity contribution in [2.24, 2.45) is 5.92 Å². The van der Waals surface area contributed by atoms with Crippen molar-refractivity contribution >= 4 is 5.78 Å². The Bertz CT molecular complexity index is 839. The predicted octanol–water partition coefficient (Wildman–Crippen LogP) is 3.95. The van der Waals surface area contributed by atoms with Gasteiger partial charge in [-0.1, -0.05) is 0 Å². The molecule has 1 aliphatic heterocycles. The van der Waals surface area contributed by atoms with E-state index < -0.39 is 0 Å². The van der Waals surface area contributed by atoms with Crippen molar-refractivity contribution in [3.8, 4) is 17.2 Å². The van der Waals surface area contributed by atoms with Crippen molar-refractivity contribution < 1.29 is 23.4 Å². The number of piperidine rings is 1. The number of carbonyl (C=O) groups is 1. The van der Waals surface area contributed by atoms with Crippen molar-refractivity contribution in [1.29, 1.82) is 0 Å². The molecule has 3 rings (SSSR count). The van der Waals surface area contributed by atoms with Gasteiger partial charge in [0.1, 0.15) is 11.6 Å². The van der Waals surface area contributed by atoms with E-state index >= 15 is 0 Å². The Morgan fingerprint density at radius 2 is 1.86 bits per heavy atom. The quantitative estimate of drug-likeness (QED) is 0.674. The van der Waals surface area contributed by atoms with Crippen molar-refractivity contribution in [1.82, 2.24) is 4.90 Å². The van der Waals surface area contributed by atoms with Gasteiger partial charge in [0, 0.05) is 30.1 Å². The smallest absolute Gasteiger partial charge is 0.167 e. The van der Waals surface area contributed by atoms with Crippen molar-refractivity contribution in [3.63, 3.8) is 0 Å². The molecule has 150 valence electrons. The Morgan fingerprint density at radius 1 is 1.07 bits per heavy atom. The second kappa shape index (κ2) is 9.06. The van der Waals surface area contributed by atoms with Crippen LogP contribution in [0.1, 0.15) is 28.8 Å². The van der Waals surface area contributed by atoms with E-state index in [0.717, 1.165) is 19.4 Å². The van der Waals surface area contributed by atoms with Crippen molar-refractivity contribution in [2.45, 2.75) is 19.4 Å². The number of ether oxygens (including phenoxy) is 3. The van der Waals surface area contributed by atoms with Gasteiger partial charge >= 0.3 is 0 Å². The summed E-state index contributed by atoms with van der Waals surface area (Å²) in [6.07, 6.45) is 1.72. The van der Waals surface area contributed by atoms with E-state index in [2.05, 4.69) is 4.90 Å². The van der Waals surface area contributed by atoms with E-state index in [1.807, 2.05) is 0 Å². The number of Topliss-reactive ketones (excluding diaryl/α,β-unsaturated/α-hetero) is 1. The third kappa shape index (κ3) is 4.44. The maximum atomic E-state index is 14.2. The minimum atomic E-state index is -0.255. The lowest BCUT2D eigenvalue weighted by atomic mass is 9.89. The minimum absolute atomic E-state index is 0.0803. The highest BCUT2D eigenvalue weighted by molar-refractivity contribution is 5.98. The zero-order chi connectivity index (χ0) is 20.1. The summed E-state index contributed by atoms with van der Waals surface area (Å²) in [5, 5.41) is 0. The maximum Gasteiger partial charge on any atom is 0.167 e. The molecule has 1 aliphatic rings. The second-order valence-corrected chi connectivity index (χ2v) is 6.97. The molecule has 1 heterocycles. The van der Waals surface area contributed by atoms with E-state index in [0.29, 0.717) is 41.5 Å². The van der Waals surface area contributed by atoms with Crippen LogP contribution in [0, 0.1) is 11.7 Å². The molecule has 1 atom stereocenters. The number of halogens is 1. The Labute approximate surface area is 165 Å². The first-order chi connectivity index (χ1) is 13.5. The maximum absolute atomic E-state index is 14.2. The molecule has 0 spiro atoms. The molecule has 1 unspecified atom stereocenters. The van der Waals surface area contributed by atoms with Crippen LogP contribution >= 0.6 is 0 Å². The molecule has 28 heavy (non-hydrogen) atoms. The van der Waals surface area contributed by atoms with Gasteiger partial charge in [0.25, 0.3) is 0 Å². The van der Waals surface area contributed by atoms with E-state index in [-0.39, 0.29) is 17.5 Å². The summed E-state index contributed by atoms with van der Waals surface area (Å²) in [6, 6.07) is 9.99. The van der Waals surface area contributed by atoms with Crippen LogP contribution in [0.15, 0.2) is 36.4 Å². The predicted molar refractivity (Wildman–Crippen MR) is 105 cm³/mol. The van der Waals surface area contributed by atoms with Gasteiger partial charge in [-0.2, -0.15) is 0 Å². The fourth-order valence-corrected chi connectivity index (χ4v) is 3.68. The van der Waals surface area contributed by atoms with E-state index in [9.17, 15) is 9.18 Å². The number of rotatable bonds is 7. The fourth-order valence-electron chi connectivity index (χ4n) is 3.68. The van der Waals surface area contributed by atoms with Gasteiger partial charge in [-0.05, 0) is 55.8 Å². The molecule has 0 N–H and O–H groups in total. The molecule has 5 nitrogen and oxygen atoms in total. The first-order valence-electron chi connectivity index (χ1n) is 9.36. The minimum Gasteiger partial charge on any atom is -0.497 e. The fraction of sp³-hybridized carbons (Fsp3) is 0.409. The lowest BCUT2D eigenvalue weighted by Gasteiger charge is -2.32. The van der Waals surface area contributed by atoms with Crippen LogP contribution in [0.3, 0.4) is 0 Å². The van der Waals surface area contributed by atoms with E-state index in [4.69, 9.17) is 14.2 Å². The van der Waals surface area contributed by atoms with E-state index in [1.54, 1.807) is 51.7 Å². The molecule has 2 aromatic carbocycles. The molecule has 1 fully saturated rings. The Balaban J connectivity index is 1.72. The van der Waals surface area contributed by atoms with Crippen LogP contribution in [0.4, 0.5) is 4.39 Å². The monoisotopic (exact) mass is 387 g/mol. The summed E-state index contributed by atoms with van der Waals surface area (Å²) >= 11 is 0. The summed E-state index contributed by atoms with van der Waals surface area (Å²) in [5.74, 6) is 1.47. The number of ketones is 1. The summed E-state index contributed by atoms with van der Waals surface area (Å²) in [5.41, 5.74) is 1.19.